The number of benzene rings is 15. The van der Waals surface area contributed by atoms with Crippen molar-refractivity contribution in [1.29, 1.82) is 0 Å². The maximum absolute atomic E-state index is 2.34. The first kappa shape index (κ1) is 130. The SMILES string of the molecule is CC.CC.CC.CC.CC.CC.CC.CC.CC.CC1(c2ccccc2)c2ccccc2-c2ccccc21.CC1(c2ccccc2)c2ccccc2-c2ccccc21.CC1(c2ccccc2)c2ccccc2-c2ccccc21.CN(C)C.CN(C)C.CN(C)C.CN(C)c1ccccc1.CN(C)c1ccccc1.CN(C)c1ccccc1.Cc1ccccc1.Cc1ccccc1.Cc1ccccc1. The molecule has 0 spiro atoms. The fourth-order valence-corrected chi connectivity index (χ4v) is 14.4. The number of anilines is 3. The Labute approximate surface area is 847 Å². The Bertz CT molecular complexity index is 4610. The fourth-order valence-electron chi connectivity index (χ4n) is 14.4. The number of hydrogen-bond acceptors (Lipinski definition) is 6. The van der Waals surface area contributed by atoms with E-state index in [1.165, 1.54) is 117 Å². The molecule has 0 aliphatic heterocycles. The van der Waals surface area contributed by atoms with Gasteiger partial charge in [0.2, 0.25) is 0 Å². The molecule has 6 nitrogen and oxygen atoms in total. The first-order chi connectivity index (χ1) is 66.7. The van der Waals surface area contributed by atoms with Crippen LogP contribution in [0.5, 0.6) is 0 Å². The molecule has 0 saturated carbocycles. The van der Waals surface area contributed by atoms with Gasteiger partial charge < -0.3 is 29.4 Å². The second-order valence-corrected chi connectivity index (χ2v) is 32.4. The zero-order valence-electron chi connectivity index (χ0n) is 93.5. The Morgan fingerprint density at radius 3 is 0.341 bits per heavy atom. The Hall–Kier alpha value is -12.4. The van der Waals surface area contributed by atoms with Crippen LogP contribution in [-0.4, -0.2) is 120 Å². The third-order valence-corrected chi connectivity index (χ3v) is 20.4. The fraction of sp³-hybridized carbons (Fsp3) is 0.318. The molecule has 15 aromatic rings. The topological polar surface area (TPSA) is 19.4 Å². The number of rotatable bonds is 6. The lowest BCUT2D eigenvalue weighted by molar-refractivity contribution is 0.505. The minimum Gasteiger partial charge on any atom is -0.378 e. The Kier molecular flexibility index (Phi) is 73.9. The van der Waals surface area contributed by atoms with E-state index < -0.39 is 0 Å². The first-order valence-electron chi connectivity index (χ1n) is 50.5. The van der Waals surface area contributed by atoms with E-state index in [9.17, 15) is 0 Å². The van der Waals surface area contributed by atoms with Crippen molar-refractivity contribution in [1.82, 2.24) is 14.7 Å². The van der Waals surface area contributed by atoms with Gasteiger partial charge in [0.1, 0.15) is 0 Å². The average Bonchev–Trinajstić information content (AvgIpc) is 1.58. The molecule has 0 aromatic heterocycles. The number of para-hydroxylation sites is 3. The summed E-state index contributed by atoms with van der Waals surface area (Å²) < 4.78 is 0. The number of hydrogen-bond donors (Lipinski definition) is 0. The van der Waals surface area contributed by atoms with E-state index in [2.05, 4.69) is 366 Å². The van der Waals surface area contributed by atoms with Crippen molar-refractivity contribution in [3.05, 3.63) is 485 Å². The quantitative estimate of drug-likeness (QED) is 0.164. The molecule has 0 saturated heterocycles. The summed E-state index contributed by atoms with van der Waals surface area (Å²) >= 11 is 0. The molecule has 3 aliphatic carbocycles. The van der Waals surface area contributed by atoms with Gasteiger partial charge in [0.15, 0.2) is 0 Å². The zero-order chi connectivity index (χ0) is 105. The normalized spacial score (nSPS) is 10.7. The molecule has 0 N–H and O–H groups in total. The summed E-state index contributed by atoms with van der Waals surface area (Å²) in [7, 11) is 30.2. The molecule has 0 amide bonds. The van der Waals surface area contributed by atoms with E-state index in [1.807, 2.05) is 354 Å². The molecule has 744 valence electrons. The van der Waals surface area contributed by atoms with Crippen molar-refractivity contribution in [2.45, 2.75) is 182 Å². The van der Waals surface area contributed by atoms with Crippen LogP contribution in [-0.2, 0) is 16.2 Å². The monoisotopic (exact) mass is 1860 g/mol. The van der Waals surface area contributed by atoms with Crippen LogP contribution < -0.4 is 14.7 Å². The molecular formula is C132H186N6. The van der Waals surface area contributed by atoms with Crippen LogP contribution in [0.3, 0.4) is 0 Å². The molecule has 0 unspecified atom stereocenters. The standard InChI is InChI=1S/3C20H16.3C8H11N.3C7H8.3C3H9N.9C2H6/c3*1-20(15-9-3-2-4-10-15)18-13-7-5-11-16(18)17-12-6-8-14-19(17)20;3*1-9(2)8-6-4-3-5-7-8;3*1-7-5-3-2-4-6-7;3*1-4(2)3;9*1-2/h3*2-14H,1H3;3*3-7H,1-2H3;3*2-6H,1H3;3*1-3H3;9*1-2H3. The minimum atomic E-state index is -0.0472. The molecule has 6 heteroatoms. The molecular weight excluding hydrogens is 1670 g/mol. The summed E-state index contributed by atoms with van der Waals surface area (Å²) in [6, 6.07) is 147. The van der Waals surface area contributed by atoms with Crippen molar-refractivity contribution >= 4 is 17.1 Å². The highest BCUT2D eigenvalue weighted by molar-refractivity contribution is 5.85. The van der Waals surface area contributed by atoms with E-state index in [1.54, 1.807) is 0 Å². The van der Waals surface area contributed by atoms with Crippen LogP contribution in [0.15, 0.2) is 419 Å². The summed E-state index contributed by atoms with van der Waals surface area (Å²) in [6.45, 7) is 49.3. The van der Waals surface area contributed by atoms with Gasteiger partial charge in [-0.1, -0.05) is 523 Å². The Morgan fingerprint density at radius 1 is 0.138 bits per heavy atom. The highest BCUT2D eigenvalue weighted by atomic mass is 15.1. The van der Waals surface area contributed by atoms with Crippen molar-refractivity contribution in [2.24, 2.45) is 0 Å². The van der Waals surface area contributed by atoms with E-state index in [4.69, 9.17) is 0 Å². The van der Waals surface area contributed by atoms with Gasteiger partial charge >= 0.3 is 0 Å². The number of fused-ring (bicyclic) bond motifs is 9. The largest absolute Gasteiger partial charge is 0.378 e. The lowest BCUT2D eigenvalue weighted by Crippen LogP contribution is -2.22. The first-order valence-corrected chi connectivity index (χ1v) is 50.5. The van der Waals surface area contributed by atoms with Gasteiger partial charge in [-0.2, -0.15) is 0 Å². The van der Waals surface area contributed by atoms with Gasteiger partial charge in [-0.3, -0.25) is 0 Å². The predicted molar refractivity (Wildman–Crippen MR) is 628 cm³/mol. The third kappa shape index (κ3) is 44.8. The summed E-state index contributed by atoms with van der Waals surface area (Å²) in [5.41, 5.74) is 28.3. The molecule has 0 bridgehead atoms. The van der Waals surface area contributed by atoms with Gasteiger partial charge in [0.05, 0.1) is 0 Å². The molecule has 3 aliphatic rings. The highest BCUT2D eigenvalue weighted by Gasteiger charge is 2.42. The van der Waals surface area contributed by atoms with Crippen LogP contribution in [0.2, 0.25) is 0 Å². The molecule has 0 atom stereocenters. The van der Waals surface area contributed by atoms with Gasteiger partial charge in [-0.05, 0) is 225 Å². The number of nitrogens with zero attached hydrogens (tertiary/aromatic N) is 6. The van der Waals surface area contributed by atoms with E-state index >= 15 is 0 Å². The van der Waals surface area contributed by atoms with Gasteiger partial charge in [0.25, 0.3) is 0 Å². The van der Waals surface area contributed by atoms with Crippen LogP contribution >= 0.6 is 0 Å². The summed E-state index contributed by atoms with van der Waals surface area (Å²) in [6.07, 6.45) is 0. The molecule has 0 fully saturated rings. The smallest absolute Gasteiger partial charge is 0.0435 e. The van der Waals surface area contributed by atoms with Crippen molar-refractivity contribution in [3.8, 4) is 33.4 Å². The average molecular weight is 1860 g/mol. The molecule has 15 aromatic carbocycles. The van der Waals surface area contributed by atoms with Crippen LogP contribution in [0.1, 0.15) is 212 Å². The van der Waals surface area contributed by atoms with Crippen molar-refractivity contribution in [3.63, 3.8) is 0 Å². The van der Waals surface area contributed by atoms with Crippen molar-refractivity contribution < 1.29 is 0 Å². The van der Waals surface area contributed by atoms with Gasteiger partial charge in [0, 0.05) is 75.6 Å². The lowest BCUT2D eigenvalue weighted by atomic mass is 9.74. The number of aryl methyl sites for hydroxylation is 3. The van der Waals surface area contributed by atoms with Crippen LogP contribution in [0.25, 0.3) is 33.4 Å². The zero-order valence-corrected chi connectivity index (χ0v) is 93.5. The molecule has 0 heterocycles. The minimum absolute atomic E-state index is 0.0472. The Morgan fingerprint density at radius 2 is 0.239 bits per heavy atom. The summed E-state index contributed by atoms with van der Waals surface area (Å²) in [5, 5.41) is 0. The van der Waals surface area contributed by atoms with Crippen molar-refractivity contribution in [2.75, 3.05) is 120 Å². The molecule has 0 radical (unpaired) electrons. The maximum atomic E-state index is 2.34. The maximum Gasteiger partial charge on any atom is 0.0435 e. The van der Waals surface area contributed by atoms with Crippen LogP contribution in [0.4, 0.5) is 17.1 Å². The van der Waals surface area contributed by atoms with Gasteiger partial charge in [-0.25, -0.2) is 0 Å². The second kappa shape index (κ2) is 78.6. The third-order valence-electron chi connectivity index (χ3n) is 20.4. The molecule has 138 heavy (non-hydrogen) atoms. The van der Waals surface area contributed by atoms with Gasteiger partial charge in [-0.15, -0.1) is 0 Å². The summed E-state index contributed by atoms with van der Waals surface area (Å²) in [4.78, 5) is 12.3. The summed E-state index contributed by atoms with van der Waals surface area (Å²) in [5.74, 6) is 0. The highest BCUT2D eigenvalue weighted by Crippen LogP contribution is 2.55. The van der Waals surface area contributed by atoms with Crippen LogP contribution in [0, 0.1) is 20.8 Å². The van der Waals surface area contributed by atoms with E-state index in [0.717, 1.165) is 0 Å². The second-order valence-electron chi connectivity index (χ2n) is 32.4. The Balaban J connectivity index is -0.00000147. The van der Waals surface area contributed by atoms with E-state index in [0.29, 0.717) is 0 Å². The molecule has 18 rings (SSSR count). The van der Waals surface area contributed by atoms with E-state index in [-0.39, 0.29) is 16.2 Å². The predicted octanol–water partition coefficient (Wildman–Crippen LogP) is 36.1. The lowest BCUT2D eigenvalue weighted by Gasteiger charge is -2.28.